The van der Waals surface area contributed by atoms with E-state index < -0.39 is 0 Å². The zero-order valence-electron chi connectivity index (χ0n) is 10.7. The molecule has 1 spiro atoms. The number of rotatable bonds is 3. The van der Waals surface area contributed by atoms with E-state index >= 15 is 0 Å². The van der Waals surface area contributed by atoms with Gasteiger partial charge in [0.2, 0.25) is 0 Å². The fourth-order valence-electron chi connectivity index (χ4n) is 2.93. The Hall–Kier alpha value is -0.860. The van der Waals surface area contributed by atoms with E-state index in [1.54, 1.807) is 0 Å². The molecule has 2 heteroatoms. The highest BCUT2D eigenvalue weighted by Gasteiger charge is 2.47. The van der Waals surface area contributed by atoms with E-state index in [1.165, 1.54) is 37.9 Å². The third-order valence-corrected chi connectivity index (χ3v) is 4.29. The van der Waals surface area contributed by atoms with Crippen LogP contribution in [0.4, 0.5) is 0 Å². The maximum absolute atomic E-state index is 3.74. The quantitative estimate of drug-likeness (QED) is 0.858. The van der Waals surface area contributed by atoms with Crippen molar-refractivity contribution in [1.29, 1.82) is 0 Å². The minimum absolute atomic E-state index is 0.487. The van der Waals surface area contributed by atoms with Gasteiger partial charge in [-0.2, -0.15) is 0 Å². The molecular formula is C15H22N2. The van der Waals surface area contributed by atoms with E-state index in [1.807, 2.05) is 0 Å². The van der Waals surface area contributed by atoms with Crippen molar-refractivity contribution in [2.24, 2.45) is 0 Å². The van der Waals surface area contributed by atoms with Gasteiger partial charge in [0, 0.05) is 31.2 Å². The lowest BCUT2D eigenvalue weighted by Crippen LogP contribution is -2.57. The van der Waals surface area contributed by atoms with Crippen LogP contribution in [-0.4, -0.2) is 29.6 Å². The van der Waals surface area contributed by atoms with Gasteiger partial charge in [-0.1, -0.05) is 37.3 Å². The van der Waals surface area contributed by atoms with Gasteiger partial charge in [-0.25, -0.2) is 0 Å². The highest BCUT2D eigenvalue weighted by Crippen LogP contribution is 2.39. The van der Waals surface area contributed by atoms with Crippen LogP contribution in [0.15, 0.2) is 30.3 Å². The number of piperazine rings is 1. The fraction of sp³-hybridized carbons (Fsp3) is 0.600. The van der Waals surface area contributed by atoms with Crippen molar-refractivity contribution >= 4 is 0 Å². The van der Waals surface area contributed by atoms with Gasteiger partial charge in [0.25, 0.3) is 0 Å². The van der Waals surface area contributed by atoms with Crippen LogP contribution in [-0.2, 0) is 6.54 Å². The van der Waals surface area contributed by atoms with Crippen molar-refractivity contribution in [3.05, 3.63) is 35.9 Å². The zero-order valence-corrected chi connectivity index (χ0v) is 10.7. The Kier molecular flexibility index (Phi) is 2.93. The fourth-order valence-corrected chi connectivity index (χ4v) is 2.93. The summed E-state index contributed by atoms with van der Waals surface area (Å²) < 4.78 is 0. The van der Waals surface area contributed by atoms with Gasteiger partial charge >= 0.3 is 0 Å². The number of nitrogens with zero attached hydrogens (tertiary/aromatic N) is 1. The second-order valence-electron chi connectivity index (χ2n) is 5.61. The second kappa shape index (κ2) is 4.43. The first-order valence-electron chi connectivity index (χ1n) is 6.84. The number of nitrogens with one attached hydrogen (secondary N) is 1. The molecule has 1 saturated heterocycles. The largest absolute Gasteiger partial charge is 0.308 e. The Bertz CT molecular complexity index is 370. The summed E-state index contributed by atoms with van der Waals surface area (Å²) >= 11 is 0. The summed E-state index contributed by atoms with van der Waals surface area (Å²) in [6.07, 6.45) is 3.99. The molecule has 0 bridgehead atoms. The van der Waals surface area contributed by atoms with Crippen LogP contribution in [0.3, 0.4) is 0 Å². The Morgan fingerprint density at radius 3 is 2.71 bits per heavy atom. The summed E-state index contributed by atoms with van der Waals surface area (Å²) in [5, 5.41) is 3.74. The molecule has 92 valence electrons. The van der Waals surface area contributed by atoms with E-state index in [-0.39, 0.29) is 0 Å². The first-order valence-corrected chi connectivity index (χ1v) is 6.84. The third-order valence-electron chi connectivity index (χ3n) is 4.29. The highest BCUT2D eigenvalue weighted by atomic mass is 15.3. The summed E-state index contributed by atoms with van der Waals surface area (Å²) in [5.74, 6) is 0. The minimum atomic E-state index is 0.487. The Morgan fingerprint density at radius 1 is 1.29 bits per heavy atom. The Morgan fingerprint density at radius 2 is 2.06 bits per heavy atom. The number of hydrogen-bond acceptors (Lipinski definition) is 2. The average molecular weight is 230 g/mol. The molecule has 2 fully saturated rings. The van der Waals surface area contributed by atoms with Gasteiger partial charge in [0.05, 0.1) is 0 Å². The topological polar surface area (TPSA) is 15.3 Å². The Balaban J connectivity index is 1.70. The molecule has 1 aromatic carbocycles. The molecule has 0 amide bonds. The number of hydrogen-bond donors (Lipinski definition) is 1. The summed E-state index contributed by atoms with van der Waals surface area (Å²) in [7, 11) is 0. The van der Waals surface area contributed by atoms with Gasteiger partial charge < -0.3 is 5.32 Å². The zero-order chi connectivity index (χ0) is 11.7. The normalized spacial score (nSPS) is 27.2. The van der Waals surface area contributed by atoms with E-state index in [9.17, 15) is 0 Å². The molecule has 1 aliphatic carbocycles. The molecule has 0 unspecified atom stereocenters. The molecule has 2 nitrogen and oxygen atoms in total. The van der Waals surface area contributed by atoms with Crippen molar-refractivity contribution in [3.8, 4) is 0 Å². The lowest BCUT2D eigenvalue weighted by molar-refractivity contribution is 0.110. The van der Waals surface area contributed by atoms with Gasteiger partial charge in [-0.3, -0.25) is 4.90 Å². The number of benzene rings is 1. The van der Waals surface area contributed by atoms with Gasteiger partial charge in [0.1, 0.15) is 0 Å². The van der Waals surface area contributed by atoms with E-state index in [0.717, 1.165) is 6.54 Å². The standard InChI is InChI=1S/C15H22N2/c1-2-14-10-16-15(8-9-15)12-17(14)11-13-6-4-3-5-7-13/h3-7,14,16H,2,8-12H2,1H3/t14-/m1/s1. The molecule has 3 rings (SSSR count). The van der Waals surface area contributed by atoms with Crippen LogP contribution >= 0.6 is 0 Å². The van der Waals surface area contributed by atoms with Crippen LogP contribution in [0.1, 0.15) is 31.7 Å². The molecule has 1 N–H and O–H groups in total. The average Bonchev–Trinajstić information content (AvgIpc) is 3.10. The molecule has 1 aliphatic heterocycles. The molecule has 2 aliphatic rings. The van der Waals surface area contributed by atoms with Crippen molar-refractivity contribution in [1.82, 2.24) is 10.2 Å². The third kappa shape index (κ3) is 2.38. The summed E-state index contributed by atoms with van der Waals surface area (Å²) in [4.78, 5) is 2.68. The molecule has 17 heavy (non-hydrogen) atoms. The second-order valence-corrected chi connectivity index (χ2v) is 5.61. The molecule has 1 heterocycles. The molecular weight excluding hydrogens is 208 g/mol. The predicted molar refractivity (Wildman–Crippen MR) is 70.9 cm³/mol. The van der Waals surface area contributed by atoms with Crippen LogP contribution < -0.4 is 5.32 Å². The molecule has 1 saturated carbocycles. The molecule has 1 atom stereocenters. The van der Waals surface area contributed by atoms with Crippen molar-refractivity contribution in [2.45, 2.75) is 44.3 Å². The maximum Gasteiger partial charge on any atom is 0.0311 e. The van der Waals surface area contributed by atoms with Crippen molar-refractivity contribution in [3.63, 3.8) is 0 Å². The SMILES string of the molecule is CC[C@@H]1CNC2(CC2)CN1Cc1ccccc1. The molecule has 0 radical (unpaired) electrons. The smallest absolute Gasteiger partial charge is 0.0311 e. The van der Waals surface area contributed by atoms with Crippen molar-refractivity contribution < 1.29 is 0 Å². The van der Waals surface area contributed by atoms with Gasteiger partial charge in [0.15, 0.2) is 0 Å². The highest BCUT2D eigenvalue weighted by molar-refractivity contribution is 5.16. The monoisotopic (exact) mass is 230 g/mol. The lowest BCUT2D eigenvalue weighted by atomic mass is 10.0. The van der Waals surface area contributed by atoms with Crippen LogP contribution in [0.2, 0.25) is 0 Å². The van der Waals surface area contributed by atoms with Crippen LogP contribution in [0, 0.1) is 0 Å². The Labute approximate surface area is 104 Å². The first kappa shape index (κ1) is 11.2. The summed E-state index contributed by atoms with van der Waals surface area (Å²) in [5.41, 5.74) is 1.93. The predicted octanol–water partition coefficient (Wildman–Crippen LogP) is 2.40. The van der Waals surface area contributed by atoms with Gasteiger partial charge in [-0.05, 0) is 24.8 Å². The molecule has 0 aromatic heterocycles. The molecule has 1 aromatic rings. The first-order chi connectivity index (χ1) is 8.31. The maximum atomic E-state index is 3.74. The van der Waals surface area contributed by atoms with Gasteiger partial charge in [-0.15, -0.1) is 0 Å². The minimum Gasteiger partial charge on any atom is -0.308 e. The van der Waals surface area contributed by atoms with Crippen LogP contribution in [0.5, 0.6) is 0 Å². The van der Waals surface area contributed by atoms with E-state index in [0.29, 0.717) is 11.6 Å². The van der Waals surface area contributed by atoms with E-state index in [2.05, 4.69) is 47.5 Å². The summed E-state index contributed by atoms with van der Waals surface area (Å²) in [6, 6.07) is 11.6. The van der Waals surface area contributed by atoms with Crippen molar-refractivity contribution in [2.75, 3.05) is 13.1 Å². The summed E-state index contributed by atoms with van der Waals surface area (Å²) in [6.45, 7) is 5.82. The van der Waals surface area contributed by atoms with Crippen LogP contribution in [0.25, 0.3) is 0 Å². The lowest BCUT2D eigenvalue weighted by Gasteiger charge is -2.40. The van der Waals surface area contributed by atoms with E-state index in [4.69, 9.17) is 0 Å².